The standard InChI is InChI=1S/C14H19N3O3S2/c1-2-11-22(19,20)15-8-4-9-17-14(18)7-6-12(16-17)13-5-3-10-21-13/h3,5-7,10,15H,2,4,8-9,11H2,1H3. The van der Waals surface area contributed by atoms with Crippen LogP contribution in [-0.4, -0.2) is 30.5 Å². The van der Waals surface area contributed by atoms with Crippen LogP contribution in [0.1, 0.15) is 19.8 Å². The highest BCUT2D eigenvalue weighted by atomic mass is 32.2. The zero-order valence-corrected chi connectivity index (χ0v) is 14.0. The number of hydrogen-bond acceptors (Lipinski definition) is 5. The van der Waals surface area contributed by atoms with Crippen molar-refractivity contribution >= 4 is 21.4 Å². The molecule has 0 saturated heterocycles. The van der Waals surface area contributed by atoms with Gasteiger partial charge in [0, 0.05) is 19.2 Å². The second-order valence-electron chi connectivity index (χ2n) is 4.82. The summed E-state index contributed by atoms with van der Waals surface area (Å²) in [7, 11) is -3.20. The largest absolute Gasteiger partial charge is 0.268 e. The maximum Gasteiger partial charge on any atom is 0.266 e. The lowest BCUT2D eigenvalue weighted by Gasteiger charge is -2.07. The van der Waals surface area contributed by atoms with Gasteiger partial charge in [0.2, 0.25) is 10.0 Å². The molecule has 1 N–H and O–H groups in total. The molecule has 0 atom stereocenters. The third-order valence-corrected chi connectivity index (χ3v) is 5.46. The Morgan fingerprint density at radius 3 is 2.82 bits per heavy atom. The molecule has 0 aliphatic rings. The molecule has 8 heteroatoms. The Morgan fingerprint density at radius 1 is 1.32 bits per heavy atom. The van der Waals surface area contributed by atoms with Gasteiger partial charge < -0.3 is 0 Å². The summed E-state index contributed by atoms with van der Waals surface area (Å²) in [6.45, 7) is 2.51. The summed E-state index contributed by atoms with van der Waals surface area (Å²) in [4.78, 5) is 12.8. The fraction of sp³-hybridized carbons (Fsp3) is 0.429. The van der Waals surface area contributed by atoms with Crippen LogP contribution in [0.4, 0.5) is 0 Å². The molecule has 0 fully saturated rings. The number of hydrogen-bond donors (Lipinski definition) is 1. The predicted molar refractivity (Wildman–Crippen MR) is 88.5 cm³/mol. The normalized spacial score (nSPS) is 11.7. The van der Waals surface area contributed by atoms with E-state index in [1.807, 2.05) is 24.4 Å². The first kappa shape index (κ1) is 16.9. The summed E-state index contributed by atoms with van der Waals surface area (Å²) in [5.74, 6) is 0.124. The minimum atomic E-state index is -3.20. The summed E-state index contributed by atoms with van der Waals surface area (Å²) < 4.78 is 27.0. The number of rotatable bonds is 8. The smallest absolute Gasteiger partial charge is 0.266 e. The highest BCUT2D eigenvalue weighted by molar-refractivity contribution is 7.89. The molecule has 0 bridgehead atoms. The van der Waals surface area contributed by atoms with Crippen molar-refractivity contribution < 1.29 is 8.42 Å². The first-order chi connectivity index (χ1) is 10.5. The van der Waals surface area contributed by atoms with Crippen molar-refractivity contribution in [2.45, 2.75) is 26.3 Å². The monoisotopic (exact) mass is 341 g/mol. The Morgan fingerprint density at radius 2 is 2.14 bits per heavy atom. The molecule has 6 nitrogen and oxygen atoms in total. The molecule has 22 heavy (non-hydrogen) atoms. The van der Waals surface area contributed by atoms with Crippen molar-refractivity contribution in [3.05, 3.63) is 40.0 Å². The lowest BCUT2D eigenvalue weighted by molar-refractivity contribution is 0.536. The van der Waals surface area contributed by atoms with Crippen molar-refractivity contribution in [2.75, 3.05) is 12.3 Å². The molecule has 0 unspecified atom stereocenters. The lowest BCUT2D eigenvalue weighted by Crippen LogP contribution is -2.29. The van der Waals surface area contributed by atoms with Crippen LogP contribution in [0, 0.1) is 0 Å². The quantitative estimate of drug-likeness (QED) is 0.741. The third kappa shape index (κ3) is 4.75. The molecule has 0 radical (unpaired) electrons. The molecule has 0 amide bonds. The molecular formula is C14H19N3O3S2. The first-order valence-corrected chi connectivity index (χ1v) is 9.64. The molecule has 2 heterocycles. The zero-order chi connectivity index (χ0) is 16.0. The van der Waals surface area contributed by atoms with Gasteiger partial charge in [-0.05, 0) is 30.4 Å². The van der Waals surface area contributed by atoms with Gasteiger partial charge in [-0.3, -0.25) is 4.79 Å². The molecule has 0 aromatic carbocycles. The minimum absolute atomic E-state index is 0.124. The Kier molecular flexibility index (Phi) is 5.87. The summed E-state index contributed by atoms with van der Waals surface area (Å²) in [5, 5.41) is 6.28. The third-order valence-electron chi connectivity index (χ3n) is 2.98. The van der Waals surface area contributed by atoms with E-state index in [-0.39, 0.29) is 11.3 Å². The number of sulfonamides is 1. The van der Waals surface area contributed by atoms with Crippen LogP contribution in [0.2, 0.25) is 0 Å². The summed E-state index contributed by atoms with van der Waals surface area (Å²) in [6, 6.07) is 7.07. The summed E-state index contributed by atoms with van der Waals surface area (Å²) >= 11 is 1.56. The van der Waals surface area contributed by atoms with Crippen LogP contribution >= 0.6 is 11.3 Å². The van der Waals surface area contributed by atoms with Crippen molar-refractivity contribution in [1.82, 2.24) is 14.5 Å². The van der Waals surface area contributed by atoms with Crippen LogP contribution in [0.25, 0.3) is 10.6 Å². The topological polar surface area (TPSA) is 81.1 Å². The van der Waals surface area contributed by atoms with E-state index in [2.05, 4.69) is 9.82 Å². The molecule has 0 aliphatic carbocycles. The Hall–Kier alpha value is -1.51. The minimum Gasteiger partial charge on any atom is -0.268 e. The SMILES string of the molecule is CCCS(=O)(=O)NCCCn1nc(-c2cccs2)ccc1=O. The molecule has 2 rings (SSSR count). The van der Waals surface area contributed by atoms with Gasteiger partial charge in [0.25, 0.3) is 5.56 Å². The highest BCUT2D eigenvalue weighted by Crippen LogP contribution is 2.20. The fourth-order valence-electron chi connectivity index (χ4n) is 1.96. The molecule has 2 aromatic rings. The number of aryl methyl sites for hydroxylation is 1. The molecule has 0 spiro atoms. The van der Waals surface area contributed by atoms with Crippen LogP contribution in [-0.2, 0) is 16.6 Å². The maximum atomic E-state index is 11.8. The average Bonchev–Trinajstić information content (AvgIpc) is 2.99. The van der Waals surface area contributed by atoms with Gasteiger partial charge in [0.05, 0.1) is 10.6 Å². The lowest BCUT2D eigenvalue weighted by atomic mass is 10.3. The van der Waals surface area contributed by atoms with Crippen molar-refractivity contribution in [3.63, 3.8) is 0 Å². The zero-order valence-electron chi connectivity index (χ0n) is 12.4. The summed E-state index contributed by atoms with van der Waals surface area (Å²) in [5.41, 5.74) is 0.567. The highest BCUT2D eigenvalue weighted by Gasteiger charge is 2.08. The van der Waals surface area contributed by atoms with Crippen molar-refractivity contribution in [2.24, 2.45) is 0 Å². The molecule has 2 aromatic heterocycles. The molecular weight excluding hydrogens is 322 g/mol. The number of nitrogens with one attached hydrogen (secondary N) is 1. The Labute approximate surface area is 133 Å². The number of aromatic nitrogens is 2. The van der Waals surface area contributed by atoms with Crippen molar-refractivity contribution in [1.29, 1.82) is 0 Å². The van der Waals surface area contributed by atoms with E-state index in [1.165, 1.54) is 10.7 Å². The maximum absolute atomic E-state index is 11.8. The van der Waals surface area contributed by atoms with Crippen LogP contribution in [0.3, 0.4) is 0 Å². The van der Waals surface area contributed by atoms with Gasteiger partial charge in [-0.15, -0.1) is 11.3 Å². The fourth-order valence-corrected chi connectivity index (χ4v) is 3.79. The van der Waals surface area contributed by atoms with Crippen molar-refractivity contribution in [3.8, 4) is 10.6 Å². The number of nitrogens with zero attached hydrogens (tertiary/aromatic N) is 2. The molecule has 0 saturated carbocycles. The van der Waals surface area contributed by atoms with E-state index < -0.39 is 10.0 Å². The van der Waals surface area contributed by atoms with E-state index in [1.54, 1.807) is 17.4 Å². The van der Waals surface area contributed by atoms with Gasteiger partial charge in [0.15, 0.2) is 0 Å². The second-order valence-corrected chi connectivity index (χ2v) is 7.70. The van der Waals surface area contributed by atoms with Gasteiger partial charge in [-0.25, -0.2) is 17.8 Å². The van der Waals surface area contributed by atoms with Gasteiger partial charge >= 0.3 is 0 Å². The number of thiophene rings is 1. The molecule has 120 valence electrons. The van der Waals surface area contributed by atoms with E-state index >= 15 is 0 Å². The van der Waals surface area contributed by atoms with Crippen LogP contribution in [0.15, 0.2) is 34.4 Å². The van der Waals surface area contributed by atoms with E-state index in [4.69, 9.17) is 0 Å². The van der Waals surface area contributed by atoms with E-state index in [0.717, 1.165) is 10.6 Å². The van der Waals surface area contributed by atoms with Gasteiger partial charge in [0.1, 0.15) is 5.69 Å². The van der Waals surface area contributed by atoms with E-state index in [9.17, 15) is 13.2 Å². The Bertz CT molecular complexity index is 752. The first-order valence-electron chi connectivity index (χ1n) is 7.11. The van der Waals surface area contributed by atoms with Gasteiger partial charge in [-0.1, -0.05) is 13.0 Å². The Balaban J connectivity index is 1.96. The average molecular weight is 341 g/mol. The molecule has 0 aliphatic heterocycles. The predicted octanol–water partition coefficient (Wildman–Crippen LogP) is 1.69. The second kappa shape index (κ2) is 7.66. The van der Waals surface area contributed by atoms with Gasteiger partial charge in [-0.2, -0.15) is 5.10 Å². The van der Waals surface area contributed by atoms with E-state index in [0.29, 0.717) is 25.9 Å². The van der Waals surface area contributed by atoms with Crippen LogP contribution in [0.5, 0.6) is 0 Å². The summed E-state index contributed by atoms with van der Waals surface area (Å²) in [6.07, 6.45) is 1.10. The van der Waals surface area contributed by atoms with Crippen LogP contribution < -0.4 is 10.3 Å².